The van der Waals surface area contributed by atoms with E-state index < -0.39 is 5.82 Å². The number of ether oxygens (including phenoxy) is 1. The number of aromatic nitrogens is 1. The lowest BCUT2D eigenvalue weighted by Crippen LogP contribution is -2.51. The van der Waals surface area contributed by atoms with E-state index in [4.69, 9.17) is 16.3 Å². The van der Waals surface area contributed by atoms with Crippen molar-refractivity contribution in [3.8, 4) is 5.75 Å². The van der Waals surface area contributed by atoms with Crippen molar-refractivity contribution in [1.82, 2.24) is 4.90 Å². The number of piperazine rings is 1. The maximum atomic E-state index is 13.0. The number of pyridine rings is 1. The highest BCUT2D eigenvalue weighted by molar-refractivity contribution is 6.32. The van der Waals surface area contributed by atoms with Crippen molar-refractivity contribution in [3.63, 3.8) is 0 Å². The van der Waals surface area contributed by atoms with Crippen LogP contribution in [0.2, 0.25) is 5.02 Å². The Hall–Kier alpha value is -2.34. The van der Waals surface area contributed by atoms with Crippen LogP contribution >= 0.6 is 11.6 Å². The van der Waals surface area contributed by atoms with Crippen molar-refractivity contribution in [2.45, 2.75) is 0 Å². The Kier molecular flexibility index (Phi) is 5.15. The number of H-pyrrole nitrogens is 1. The van der Waals surface area contributed by atoms with E-state index in [0.29, 0.717) is 18.8 Å². The fraction of sp³-hybridized carbons (Fsp3) is 0.294. The zero-order valence-electron chi connectivity index (χ0n) is 13.0. The predicted octanol–water partition coefficient (Wildman–Crippen LogP) is 2.02. The summed E-state index contributed by atoms with van der Waals surface area (Å²) in [6.07, 6.45) is 1.88. The molecule has 1 aromatic heterocycles. The Morgan fingerprint density at radius 1 is 1.21 bits per heavy atom. The van der Waals surface area contributed by atoms with Crippen LogP contribution in [-0.4, -0.2) is 43.6 Å². The van der Waals surface area contributed by atoms with Gasteiger partial charge in [-0.05, 0) is 24.3 Å². The second-order valence-corrected chi connectivity index (χ2v) is 5.89. The molecule has 0 spiro atoms. The molecule has 1 aliphatic rings. The summed E-state index contributed by atoms with van der Waals surface area (Å²) in [7, 11) is 0. The molecule has 1 amide bonds. The molecule has 1 fully saturated rings. The first-order chi connectivity index (χ1) is 11.6. The van der Waals surface area contributed by atoms with Crippen LogP contribution in [0.4, 0.5) is 10.2 Å². The van der Waals surface area contributed by atoms with E-state index in [1.807, 2.05) is 24.4 Å². The summed E-state index contributed by atoms with van der Waals surface area (Å²) in [5.41, 5.74) is 0. The normalized spacial score (nSPS) is 14.6. The topological polar surface area (TPSA) is 46.9 Å². The lowest BCUT2D eigenvalue weighted by Gasteiger charge is -2.30. The Balaban J connectivity index is 1.50. The van der Waals surface area contributed by atoms with Crippen LogP contribution < -0.4 is 14.6 Å². The Bertz CT molecular complexity index is 706. The van der Waals surface area contributed by atoms with Crippen molar-refractivity contribution in [1.29, 1.82) is 0 Å². The molecule has 5 nitrogen and oxygen atoms in total. The van der Waals surface area contributed by atoms with Gasteiger partial charge in [0.15, 0.2) is 6.61 Å². The highest BCUT2D eigenvalue weighted by Crippen LogP contribution is 2.24. The number of nitrogens with zero attached hydrogens (tertiary/aromatic N) is 2. The monoisotopic (exact) mass is 350 g/mol. The third-order valence-electron chi connectivity index (χ3n) is 3.91. The van der Waals surface area contributed by atoms with Crippen molar-refractivity contribution >= 4 is 23.3 Å². The zero-order chi connectivity index (χ0) is 16.9. The van der Waals surface area contributed by atoms with Crippen LogP contribution in [0.1, 0.15) is 0 Å². The first kappa shape index (κ1) is 16.5. The number of hydrogen-bond donors (Lipinski definition) is 0. The number of hydrogen-bond acceptors (Lipinski definition) is 3. The molecule has 2 heterocycles. The summed E-state index contributed by atoms with van der Waals surface area (Å²) >= 11 is 5.89. The van der Waals surface area contributed by atoms with Crippen molar-refractivity contribution < 1.29 is 18.9 Å². The van der Waals surface area contributed by atoms with Gasteiger partial charge in [0, 0.05) is 6.07 Å². The van der Waals surface area contributed by atoms with Crippen LogP contribution in [0.3, 0.4) is 0 Å². The minimum absolute atomic E-state index is 0.105. The number of halogens is 2. The van der Waals surface area contributed by atoms with Gasteiger partial charge in [0.1, 0.15) is 24.7 Å². The molecule has 1 saturated heterocycles. The zero-order valence-corrected chi connectivity index (χ0v) is 13.8. The largest absolute Gasteiger partial charge is 0.482 e. The minimum atomic E-state index is -0.437. The van der Waals surface area contributed by atoms with E-state index in [2.05, 4.69) is 9.88 Å². The summed E-state index contributed by atoms with van der Waals surface area (Å²) in [6, 6.07) is 9.76. The number of rotatable bonds is 4. The van der Waals surface area contributed by atoms with Gasteiger partial charge < -0.3 is 9.64 Å². The molecule has 0 unspecified atom stereocenters. The molecule has 1 aromatic carbocycles. The second-order valence-electron chi connectivity index (χ2n) is 5.48. The van der Waals surface area contributed by atoms with E-state index in [1.165, 1.54) is 12.1 Å². The molecule has 0 aliphatic carbocycles. The SMILES string of the molecule is O=C(COc1ccc(F)cc1Cl)N1CCN(c2cccc[nH+]2)CC1. The van der Waals surface area contributed by atoms with Gasteiger partial charge in [-0.15, -0.1) is 0 Å². The summed E-state index contributed by atoms with van der Waals surface area (Å²) in [4.78, 5) is 19.4. The molecule has 24 heavy (non-hydrogen) atoms. The summed E-state index contributed by atoms with van der Waals surface area (Å²) in [5, 5.41) is 0.159. The minimum Gasteiger partial charge on any atom is -0.482 e. The molecule has 2 aromatic rings. The molecular weight excluding hydrogens is 333 g/mol. The van der Waals surface area contributed by atoms with Gasteiger partial charge in [-0.2, -0.15) is 0 Å². The molecule has 126 valence electrons. The lowest BCUT2D eigenvalue weighted by molar-refractivity contribution is -0.364. The number of aromatic amines is 1. The van der Waals surface area contributed by atoms with Crippen LogP contribution in [0.5, 0.6) is 5.75 Å². The van der Waals surface area contributed by atoms with E-state index in [1.54, 1.807) is 4.90 Å². The number of nitrogens with one attached hydrogen (secondary N) is 1. The molecule has 1 aliphatic heterocycles. The quantitative estimate of drug-likeness (QED) is 0.847. The van der Waals surface area contributed by atoms with Gasteiger partial charge in [-0.3, -0.25) is 9.69 Å². The van der Waals surface area contributed by atoms with Gasteiger partial charge in [-0.25, -0.2) is 9.37 Å². The first-order valence-corrected chi connectivity index (χ1v) is 8.08. The lowest BCUT2D eigenvalue weighted by atomic mass is 10.3. The smallest absolute Gasteiger partial charge is 0.274 e. The standard InChI is InChI=1S/C17H17ClFN3O2/c18-14-11-13(19)4-5-15(14)24-12-17(23)22-9-7-21(8-10-22)16-3-1-2-6-20-16/h1-6,11H,7-10,12H2/p+1. The van der Waals surface area contributed by atoms with E-state index in [9.17, 15) is 9.18 Å². The maximum Gasteiger partial charge on any atom is 0.274 e. The fourth-order valence-corrected chi connectivity index (χ4v) is 2.82. The van der Waals surface area contributed by atoms with E-state index in [0.717, 1.165) is 25.0 Å². The van der Waals surface area contributed by atoms with Gasteiger partial charge >= 0.3 is 0 Å². The van der Waals surface area contributed by atoms with Crippen LogP contribution in [0.25, 0.3) is 0 Å². The summed E-state index contributed by atoms with van der Waals surface area (Å²) in [5.74, 6) is 0.808. The molecular formula is C17H18ClFN3O2+. The fourth-order valence-electron chi connectivity index (χ4n) is 2.60. The third kappa shape index (κ3) is 3.94. The third-order valence-corrected chi connectivity index (χ3v) is 4.21. The number of carbonyl (C=O) groups excluding carboxylic acids is 1. The number of benzene rings is 1. The predicted molar refractivity (Wildman–Crippen MR) is 88.7 cm³/mol. The van der Waals surface area contributed by atoms with E-state index in [-0.39, 0.29) is 17.5 Å². The van der Waals surface area contributed by atoms with Crippen LogP contribution in [0.15, 0.2) is 42.6 Å². The number of carbonyl (C=O) groups is 1. The Morgan fingerprint density at radius 3 is 2.67 bits per heavy atom. The van der Waals surface area contributed by atoms with Gasteiger partial charge in [-0.1, -0.05) is 17.7 Å². The average Bonchev–Trinajstić information content (AvgIpc) is 2.62. The van der Waals surface area contributed by atoms with Gasteiger partial charge in [0.25, 0.3) is 11.7 Å². The average molecular weight is 351 g/mol. The second kappa shape index (κ2) is 7.49. The number of anilines is 1. The van der Waals surface area contributed by atoms with Crippen molar-refractivity contribution in [2.75, 3.05) is 37.7 Å². The van der Waals surface area contributed by atoms with Crippen LogP contribution in [-0.2, 0) is 4.79 Å². The van der Waals surface area contributed by atoms with Gasteiger partial charge in [0.05, 0.1) is 24.3 Å². The highest BCUT2D eigenvalue weighted by Gasteiger charge is 2.26. The Labute approximate surface area is 144 Å². The molecule has 0 atom stereocenters. The van der Waals surface area contributed by atoms with Crippen molar-refractivity contribution in [2.24, 2.45) is 0 Å². The molecule has 7 heteroatoms. The molecule has 0 saturated carbocycles. The first-order valence-electron chi connectivity index (χ1n) is 7.71. The Morgan fingerprint density at radius 2 is 2.00 bits per heavy atom. The summed E-state index contributed by atoms with van der Waals surface area (Å²) in [6.45, 7) is 2.65. The van der Waals surface area contributed by atoms with E-state index >= 15 is 0 Å². The molecule has 0 bridgehead atoms. The highest BCUT2D eigenvalue weighted by atomic mass is 35.5. The molecule has 3 rings (SSSR count). The van der Waals surface area contributed by atoms with Gasteiger partial charge in [0.2, 0.25) is 0 Å². The van der Waals surface area contributed by atoms with Crippen LogP contribution in [0, 0.1) is 5.82 Å². The summed E-state index contributed by atoms with van der Waals surface area (Å²) < 4.78 is 18.4. The number of amides is 1. The molecule has 1 N–H and O–H groups in total. The van der Waals surface area contributed by atoms with Crippen molar-refractivity contribution in [3.05, 3.63) is 53.4 Å². The molecule has 0 radical (unpaired) electrons. The maximum absolute atomic E-state index is 13.0.